The van der Waals surface area contributed by atoms with Crippen LogP contribution in [0.4, 0.5) is 5.82 Å². The minimum Gasteiger partial charge on any atom is -0.352 e. The molecule has 0 unspecified atom stereocenters. The van der Waals surface area contributed by atoms with Crippen LogP contribution >= 0.6 is 22.9 Å². The number of alkyl halides is 1. The molecule has 0 saturated carbocycles. The van der Waals surface area contributed by atoms with Gasteiger partial charge in [0.2, 0.25) is 0 Å². The largest absolute Gasteiger partial charge is 0.352 e. The monoisotopic (exact) mass is 283 g/mol. The van der Waals surface area contributed by atoms with E-state index in [-0.39, 0.29) is 0 Å². The number of aryl methyl sites for hydroxylation is 2. The van der Waals surface area contributed by atoms with E-state index in [1.54, 1.807) is 17.7 Å². The fourth-order valence-electron chi connectivity index (χ4n) is 2.08. The van der Waals surface area contributed by atoms with Gasteiger partial charge >= 0.3 is 0 Å². The fraction of sp³-hybridized carbons (Fsp3) is 0.538. The Kier molecular flexibility index (Phi) is 4.07. The van der Waals surface area contributed by atoms with Crippen molar-refractivity contribution in [2.45, 2.75) is 33.7 Å². The van der Waals surface area contributed by atoms with Gasteiger partial charge in [-0.1, -0.05) is 0 Å². The minimum atomic E-state index is 0.376. The Labute approximate surface area is 117 Å². The molecule has 2 rings (SSSR count). The number of rotatable bonds is 4. The molecule has 0 aromatic carbocycles. The second-order valence-corrected chi connectivity index (χ2v) is 6.22. The van der Waals surface area contributed by atoms with Crippen LogP contribution in [0.15, 0.2) is 6.33 Å². The Balaban J connectivity index is 2.61. The molecule has 0 aliphatic rings. The van der Waals surface area contributed by atoms with E-state index >= 15 is 0 Å². The maximum atomic E-state index is 5.90. The molecular weight excluding hydrogens is 266 g/mol. The summed E-state index contributed by atoms with van der Waals surface area (Å²) in [5.74, 6) is 1.61. The molecule has 0 N–H and O–H groups in total. The summed E-state index contributed by atoms with van der Waals surface area (Å²) in [6.07, 6.45) is 1.65. The summed E-state index contributed by atoms with van der Waals surface area (Å²) >= 11 is 7.63. The van der Waals surface area contributed by atoms with E-state index in [1.165, 1.54) is 15.8 Å². The van der Waals surface area contributed by atoms with E-state index in [0.29, 0.717) is 11.9 Å². The van der Waals surface area contributed by atoms with E-state index in [1.807, 2.05) is 0 Å². The average Bonchev–Trinajstić information content (AvgIpc) is 2.62. The number of thiophene rings is 1. The molecule has 5 heteroatoms. The van der Waals surface area contributed by atoms with Crippen LogP contribution in [0.25, 0.3) is 10.2 Å². The highest BCUT2D eigenvalue weighted by Gasteiger charge is 2.18. The predicted octanol–water partition coefficient (Wildman–Crippen LogP) is 3.76. The molecule has 0 saturated heterocycles. The second-order valence-electron chi connectivity index (χ2n) is 4.64. The quantitative estimate of drug-likeness (QED) is 0.800. The van der Waals surface area contributed by atoms with Crippen LogP contribution in [0.3, 0.4) is 0 Å². The molecule has 98 valence electrons. The van der Waals surface area contributed by atoms with Crippen molar-refractivity contribution < 1.29 is 0 Å². The van der Waals surface area contributed by atoms with Gasteiger partial charge in [0.1, 0.15) is 17.0 Å². The highest BCUT2D eigenvalue weighted by Crippen LogP contribution is 2.34. The lowest BCUT2D eigenvalue weighted by molar-refractivity contribution is 0.697. The lowest BCUT2D eigenvalue weighted by atomic mass is 10.2. The first kappa shape index (κ1) is 13.6. The normalized spacial score (nSPS) is 11.4. The number of hydrogen-bond acceptors (Lipinski definition) is 4. The second kappa shape index (κ2) is 5.41. The smallest absolute Gasteiger partial charge is 0.141 e. The maximum Gasteiger partial charge on any atom is 0.141 e. The summed E-state index contributed by atoms with van der Waals surface area (Å²) in [5, 5.41) is 1.18. The minimum absolute atomic E-state index is 0.376. The molecule has 0 aliphatic heterocycles. The molecule has 0 atom stereocenters. The van der Waals surface area contributed by atoms with Crippen LogP contribution < -0.4 is 4.90 Å². The Hall–Kier alpha value is -0.870. The lowest BCUT2D eigenvalue weighted by Gasteiger charge is -2.27. The molecule has 0 bridgehead atoms. The number of hydrogen-bond donors (Lipinski definition) is 0. The Morgan fingerprint density at radius 2 is 2.06 bits per heavy atom. The first-order chi connectivity index (χ1) is 8.56. The topological polar surface area (TPSA) is 29.0 Å². The Bertz CT molecular complexity index is 550. The van der Waals surface area contributed by atoms with E-state index in [4.69, 9.17) is 11.6 Å². The molecular formula is C13H18ClN3S. The third kappa shape index (κ3) is 2.31. The van der Waals surface area contributed by atoms with Crippen LogP contribution in [-0.4, -0.2) is 28.4 Å². The van der Waals surface area contributed by atoms with Gasteiger partial charge in [-0.3, -0.25) is 0 Å². The van der Waals surface area contributed by atoms with Gasteiger partial charge in [0.15, 0.2) is 0 Å². The van der Waals surface area contributed by atoms with Crippen molar-refractivity contribution >= 4 is 39.0 Å². The van der Waals surface area contributed by atoms with E-state index < -0.39 is 0 Å². The first-order valence-electron chi connectivity index (χ1n) is 6.09. The maximum absolute atomic E-state index is 5.90. The zero-order valence-electron chi connectivity index (χ0n) is 11.2. The molecule has 0 fully saturated rings. The summed E-state index contributed by atoms with van der Waals surface area (Å²) in [6, 6.07) is 0.376. The van der Waals surface area contributed by atoms with E-state index in [2.05, 4.69) is 42.6 Å². The highest BCUT2D eigenvalue weighted by atomic mass is 35.5. The van der Waals surface area contributed by atoms with Gasteiger partial charge in [-0.05, 0) is 33.3 Å². The summed E-state index contributed by atoms with van der Waals surface area (Å²) in [4.78, 5) is 13.5. The predicted molar refractivity (Wildman–Crippen MR) is 80.1 cm³/mol. The fourth-order valence-corrected chi connectivity index (χ4v) is 3.25. The van der Waals surface area contributed by atoms with Gasteiger partial charge in [-0.2, -0.15) is 0 Å². The zero-order valence-corrected chi connectivity index (χ0v) is 12.8. The van der Waals surface area contributed by atoms with Gasteiger partial charge in [0, 0.05) is 23.3 Å². The number of fused-ring (bicyclic) bond motifs is 1. The van der Waals surface area contributed by atoms with Crippen LogP contribution in [0.5, 0.6) is 0 Å². The molecule has 3 nitrogen and oxygen atoms in total. The van der Waals surface area contributed by atoms with Gasteiger partial charge < -0.3 is 4.90 Å². The number of anilines is 1. The van der Waals surface area contributed by atoms with Crippen LogP contribution in [0, 0.1) is 13.8 Å². The number of nitrogens with zero attached hydrogens (tertiary/aromatic N) is 3. The third-order valence-corrected chi connectivity index (χ3v) is 4.45. The van der Waals surface area contributed by atoms with Gasteiger partial charge in [-0.25, -0.2) is 9.97 Å². The number of aromatic nitrogens is 2. The van der Waals surface area contributed by atoms with Crippen LogP contribution in [0.2, 0.25) is 0 Å². The summed E-state index contributed by atoms with van der Waals surface area (Å²) in [7, 11) is 0. The molecule has 0 radical (unpaired) electrons. The highest BCUT2D eigenvalue weighted by molar-refractivity contribution is 7.18. The van der Waals surface area contributed by atoms with Crippen molar-refractivity contribution in [2.24, 2.45) is 0 Å². The van der Waals surface area contributed by atoms with Crippen molar-refractivity contribution in [3.63, 3.8) is 0 Å². The molecule has 2 heterocycles. The molecule has 0 amide bonds. The van der Waals surface area contributed by atoms with Gasteiger partial charge in [0.25, 0.3) is 0 Å². The third-order valence-electron chi connectivity index (χ3n) is 3.17. The van der Waals surface area contributed by atoms with Crippen molar-refractivity contribution in [1.29, 1.82) is 0 Å². The molecule has 0 aliphatic carbocycles. The van der Waals surface area contributed by atoms with Gasteiger partial charge in [0.05, 0.1) is 5.39 Å². The lowest BCUT2D eigenvalue weighted by Crippen LogP contribution is -2.33. The summed E-state index contributed by atoms with van der Waals surface area (Å²) < 4.78 is 0. The molecule has 2 aromatic heterocycles. The van der Waals surface area contributed by atoms with Crippen molar-refractivity contribution in [1.82, 2.24) is 9.97 Å². The molecule has 18 heavy (non-hydrogen) atoms. The standard InChI is InChI=1S/C13H18ClN3S/c1-8(2)17(6-5-14)12-11-9(3)10(4)18-13(11)16-7-15-12/h7-8H,5-6H2,1-4H3. The van der Waals surface area contributed by atoms with Crippen molar-refractivity contribution in [3.05, 3.63) is 16.8 Å². The van der Waals surface area contributed by atoms with E-state index in [0.717, 1.165) is 17.2 Å². The van der Waals surface area contributed by atoms with Crippen LogP contribution in [-0.2, 0) is 0 Å². The average molecular weight is 284 g/mol. The van der Waals surface area contributed by atoms with Crippen molar-refractivity contribution in [2.75, 3.05) is 17.3 Å². The van der Waals surface area contributed by atoms with Gasteiger partial charge in [-0.15, -0.1) is 22.9 Å². The molecule has 0 spiro atoms. The first-order valence-corrected chi connectivity index (χ1v) is 7.44. The SMILES string of the molecule is Cc1sc2ncnc(N(CCCl)C(C)C)c2c1C. The molecule has 2 aromatic rings. The Morgan fingerprint density at radius 3 is 2.67 bits per heavy atom. The van der Waals surface area contributed by atoms with Crippen molar-refractivity contribution in [3.8, 4) is 0 Å². The zero-order chi connectivity index (χ0) is 13.3. The Morgan fingerprint density at radius 1 is 1.33 bits per heavy atom. The summed E-state index contributed by atoms with van der Waals surface area (Å²) in [5.41, 5.74) is 1.28. The number of halogens is 1. The van der Waals surface area contributed by atoms with E-state index in [9.17, 15) is 0 Å². The summed E-state index contributed by atoms with van der Waals surface area (Å²) in [6.45, 7) is 9.40. The van der Waals surface area contributed by atoms with Crippen LogP contribution in [0.1, 0.15) is 24.3 Å².